The fourth-order valence-electron chi connectivity index (χ4n) is 2.84. The van der Waals surface area contributed by atoms with Crippen LogP contribution in [0.15, 0.2) is 28.2 Å². The molecule has 1 heterocycles. The fourth-order valence-corrected chi connectivity index (χ4v) is 3.20. The van der Waals surface area contributed by atoms with E-state index in [1.54, 1.807) is 20.8 Å². The summed E-state index contributed by atoms with van der Waals surface area (Å²) >= 11 is 3.04. The standard InChI is InChI=1S/C19H21BrF3NO4/c1-18(2,3)28-17(26)24-10-11(8-15(24)16(25)27-4)7-12-5-6-13(20)9-14(12)19(21,22)23/h5-7,9,15H,8,10H2,1-4H3/t15-/m0/s1. The van der Waals surface area contributed by atoms with E-state index in [9.17, 15) is 22.8 Å². The Morgan fingerprint density at radius 2 is 1.89 bits per heavy atom. The van der Waals surface area contributed by atoms with E-state index in [-0.39, 0.29) is 18.5 Å². The lowest BCUT2D eigenvalue weighted by Gasteiger charge is -2.27. The van der Waals surface area contributed by atoms with Crippen LogP contribution in [0.3, 0.4) is 0 Å². The highest BCUT2D eigenvalue weighted by molar-refractivity contribution is 9.10. The maximum absolute atomic E-state index is 13.3. The monoisotopic (exact) mass is 463 g/mol. The molecule has 0 saturated carbocycles. The second kappa shape index (κ2) is 8.14. The summed E-state index contributed by atoms with van der Waals surface area (Å²) in [7, 11) is 1.19. The zero-order chi connectivity index (χ0) is 21.3. The van der Waals surface area contributed by atoms with E-state index in [4.69, 9.17) is 9.47 Å². The van der Waals surface area contributed by atoms with Gasteiger partial charge in [0.2, 0.25) is 0 Å². The van der Waals surface area contributed by atoms with Crippen molar-refractivity contribution in [1.29, 1.82) is 0 Å². The van der Waals surface area contributed by atoms with Gasteiger partial charge in [0, 0.05) is 17.4 Å². The summed E-state index contributed by atoms with van der Waals surface area (Å²) in [5.74, 6) is -0.652. The average Bonchev–Trinajstić information content (AvgIpc) is 2.97. The van der Waals surface area contributed by atoms with E-state index in [1.165, 1.54) is 30.2 Å². The van der Waals surface area contributed by atoms with Crippen molar-refractivity contribution in [3.8, 4) is 0 Å². The van der Waals surface area contributed by atoms with E-state index < -0.39 is 35.4 Å². The first kappa shape index (κ1) is 22.3. The van der Waals surface area contributed by atoms with Crippen LogP contribution in [-0.4, -0.2) is 42.3 Å². The van der Waals surface area contributed by atoms with E-state index in [1.807, 2.05) is 0 Å². The van der Waals surface area contributed by atoms with Crippen LogP contribution in [0.4, 0.5) is 18.0 Å². The van der Waals surface area contributed by atoms with Gasteiger partial charge in [0.25, 0.3) is 0 Å². The Hall–Kier alpha value is -2.03. The summed E-state index contributed by atoms with van der Waals surface area (Å²) in [5.41, 5.74) is -1.13. The molecule has 0 aromatic heterocycles. The minimum Gasteiger partial charge on any atom is -0.467 e. The molecule has 28 heavy (non-hydrogen) atoms. The number of carbonyl (C=O) groups excluding carboxylic acids is 2. The second-order valence-corrected chi connectivity index (χ2v) is 8.30. The highest BCUT2D eigenvalue weighted by atomic mass is 79.9. The highest BCUT2D eigenvalue weighted by Crippen LogP contribution is 2.36. The number of likely N-dealkylation sites (tertiary alicyclic amines) is 1. The summed E-state index contributed by atoms with van der Waals surface area (Å²) < 4.78 is 50.4. The lowest BCUT2D eigenvalue weighted by atomic mass is 10.0. The Morgan fingerprint density at radius 3 is 2.43 bits per heavy atom. The molecule has 1 aromatic carbocycles. The number of ether oxygens (including phenoxy) is 2. The molecular formula is C19H21BrF3NO4. The fraction of sp³-hybridized carbons (Fsp3) is 0.474. The van der Waals surface area contributed by atoms with Gasteiger partial charge >= 0.3 is 18.2 Å². The summed E-state index contributed by atoms with van der Waals surface area (Å²) in [6.07, 6.45) is -3.84. The molecule has 0 bridgehead atoms. The first-order valence-corrected chi connectivity index (χ1v) is 9.25. The average molecular weight is 464 g/mol. The number of methoxy groups -OCH3 is 1. The van der Waals surface area contributed by atoms with E-state index in [0.717, 1.165) is 6.07 Å². The normalized spacial score (nSPS) is 19.1. The molecule has 1 amide bonds. The molecule has 1 saturated heterocycles. The van der Waals surface area contributed by atoms with Gasteiger partial charge in [-0.05, 0) is 44.0 Å². The van der Waals surface area contributed by atoms with Crippen molar-refractivity contribution in [3.63, 3.8) is 0 Å². The highest BCUT2D eigenvalue weighted by Gasteiger charge is 2.40. The number of halogens is 4. The topological polar surface area (TPSA) is 55.8 Å². The number of carbonyl (C=O) groups is 2. The number of rotatable bonds is 2. The second-order valence-electron chi connectivity index (χ2n) is 7.38. The molecule has 0 aliphatic carbocycles. The first-order valence-electron chi connectivity index (χ1n) is 8.45. The van der Waals surface area contributed by atoms with Crippen LogP contribution >= 0.6 is 15.9 Å². The molecule has 5 nitrogen and oxygen atoms in total. The maximum atomic E-state index is 13.3. The van der Waals surface area contributed by atoms with E-state index in [0.29, 0.717) is 10.0 Å². The Kier molecular flexibility index (Phi) is 6.48. The van der Waals surface area contributed by atoms with Gasteiger partial charge in [-0.3, -0.25) is 4.90 Å². The Morgan fingerprint density at radius 1 is 1.25 bits per heavy atom. The SMILES string of the molecule is COC(=O)[C@@H]1CC(=Cc2ccc(Br)cc2C(F)(F)F)CN1C(=O)OC(C)(C)C. The molecule has 1 aliphatic rings. The summed E-state index contributed by atoms with van der Waals surface area (Å²) in [5, 5.41) is 0. The van der Waals surface area contributed by atoms with Crippen LogP contribution in [0.1, 0.15) is 38.3 Å². The number of hydrogen-bond donors (Lipinski definition) is 0. The number of nitrogens with zero attached hydrogens (tertiary/aromatic N) is 1. The largest absolute Gasteiger partial charge is 0.467 e. The van der Waals surface area contributed by atoms with E-state index in [2.05, 4.69) is 15.9 Å². The lowest BCUT2D eigenvalue weighted by molar-refractivity contribution is -0.145. The molecule has 1 aliphatic heterocycles. The molecule has 154 valence electrons. The zero-order valence-electron chi connectivity index (χ0n) is 15.9. The van der Waals surface area contributed by atoms with Crippen molar-refractivity contribution < 1.29 is 32.2 Å². The quantitative estimate of drug-likeness (QED) is 0.576. The molecule has 0 unspecified atom stereocenters. The molecule has 2 rings (SSSR count). The number of esters is 1. The molecule has 0 radical (unpaired) electrons. The third-order valence-corrected chi connectivity index (χ3v) is 4.48. The summed E-state index contributed by atoms with van der Waals surface area (Å²) in [6, 6.07) is 2.88. The maximum Gasteiger partial charge on any atom is 0.417 e. The van der Waals surface area contributed by atoms with Gasteiger partial charge in [-0.15, -0.1) is 0 Å². The Balaban J connectivity index is 2.38. The van der Waals surface area contributed by atoms with Crippen LogP contribution < -0.4 is 0 Å². The van der Waals surface area contributed by atoms with Crippen molar-refractivity contribution in [1.82, 2.24) is 4.90 Å². The third-order valence-electron chi connectivity index (χ3n) is 3.99. The van der Waals surface area contributed by atoms with Crippen molar-refractivity contribution in [2.45, 2.75) is 45.0 Å². The molecule has 1 fully saturated rings. The van der Waals surface area contributed by atoms with Gasteiger partial charge in [-0.2, -0.15) is 13.2 Å². The molecular weight excluding hydrogens is 443 g/mol. The smallest absolute Gasteiger partial charge is 0.417 e. The van der Waals surface area contributed by atoms with E-state index >= 15 is 0 Å². The number of amides is 1. The third kappa shape index (κ3) is 5.50. The Labute approximate surface area is 169 Å². The Bertz CT molecular complexity index is 799. The van der Waals surface area contributed by atoms with Crippen LogP contribution in [0.5, 0.6) is 0 Å². The van der Waals surface area contributed by atoms with Crippen LogP contribution in [-0.2, 0) is 20.4 Å². The van der Waals surface area contributed by atoms with Gasteiger partial charge < -0.3 is 9.47 Å². The van der Waals surface area contributed by atoms with Crippen molar-refractivity contribution in [2.75, 3.05) is 13.7 Å². The zero-order valence-corrected chi connectivity index (χ0v) is 17.5. The molecule has 0 spiro atoms. The van der Waals surface area contributed by atoms with Crippen molar-refractivity contribution in [2.24, 2.45) is 0 Å². The van der Waals surface area contributed by atoms with Gasteiger partial charge in [0.1, 0.15) is 11.6 Å². The van der Waals surface area contributed by atoms with Crippen molar-refractivity contribution >= 4 is 34.1 Å². The molecule has 1 aromatic rings. The molecule has 0 N–H and O–H groups in total. The van der Waals surface area contributed by atoms with Gasteiger partial charge in [0.15, 0.2) is 0 Å². The van der Waals surface area contributed by atoms with Gasteiger partial charge in [-0.25, -0.2) is 9.59 Å². The lowest BCUT2D eigenvalue weighted by Crippen LogP contribution is -2.43. The predicted molar refractivity (Wildman–Crippen MR) is 100 cm³/mol. The van der Waals surface area contributed by atoms with Crippen LogP contribution in [0.2, 0.25) is 0 Å². The number of benzene rings is 1. The minimum absolute atomic E-state index is 0.0258. The van der Waals surface area contributed by atoms with Gasteiger partial charge in [0.05, 0.1) is 12.7 Å². The van der Waals surface area contributed by atoms with Crippen LogP contribution in [0.25, 0.3) is 6.08 Å². The molecule has 1 atom stereocenters. The van der Waals surface area contributed by atoms with Crippen molar-refractivity contribution in [3.05, 3.63) is 39.4 Å². The molecule has 9 heteroatoms. The first-order chi connectivity index (χ1) is 12.8. The minimum atomic E-state index is -4.54. The summed E-state index contributed by atoms with van der Waals surface area (Å²) in [4.78, 5) is 25.7. The van der Waals surface area contributed by atoms with Gasteiger partial charge in [-0.1, -0.05) is 28.1 Å². The number of alkyl halides is 3. The summed E-state index contributed by atoms with van der Waals surface area (Å²) in [6.45, 7) is 5.02. The predicted octanol–water partition coefficient (Wildman–Crippen LogP) is 5.03. The number of hydrogen-bond acceptors (Lipinski definition) is 4. The van der Waals surface area contributed by atoms with Crippen LogP contribution in [0, 0.1) is 0 Å².